The van der Waals surface area contributed by atoms with Crippen molar-refractivity contribution in [3.05, 3.63) is 65.1 Å². The standard InChI is InChI=1S/C23H21ClFNO5S/c1-31-32-17-4-2-3-13(7-17)23-14(5-6-15(27)8-16(28)9-22(29)30)12-26-21-11-19(24)20(25)10-18(21)23/h2-7,10-12,15-16,27-28H,8-9H2,1H3,(H,29,30)/t15-,16-/m1/s1. The van der Waals surface area contributed by atoms with Gasteiger partial charge in [0.15, 0.2) is 0 Å². The van der Waals surface area contributed by atoms with E-state index < -0.39 is 30.4 Å². The number of carboxylic acid groups (broad SMARTS) is 1. The number of fused-ring (bicyclic) bond motifs is 1. The number of aliphatic carboxylic acids is 1. The summed E-state index contributed by atoms with van der Waals surface area (Å²) in [6, 6.07) is 10.3. The summed E-state index contributed by atoms with van der Waals surface area (Å²) in [6.07, 6.45) is 1.78. The molecule has 0 saturated heterocycles. The number of aliphatic hydroxyl groups is 2. The first-order valence-corrected chi connectivity index (χ1v) is 10.8. The van der Waals surface area contributed by atoms with Gasteiger partial charge >= 0.3 is 5.97 Å². The molecule has 3 rings (SSSR count). The lowest BCUT2D eigenvalue weighted by molar-refractivity contribution is -0.139. The van der Waals surface area contributed by atoms with E-state index in [2.05, 4.69) is 4.98 Å². The van der Waals surface area contributed by atoms with Gasteiger partial charge in [0, 0.05) is 40.5 Å². The fourth-order valence-electron chi connectivity index (χ4n) is 3.31. The number of carbonyl (C=O) groups is 1. The molecule has 2 aromatic carbocycles. The third-order valence-electron chi connectivity index (χ3n) is 4.66. The summed E-state index contributed by atoms with van der Waals surface area (Å²) in [4.78, 5) is 15.9. The maximum Gasteiger partial charge on any atom is 0.305 e. The molecule has 0 amide bonds. The molecule has 0 aliphatic rings. The molecule has 0 radical (unpaired) electrons. The van der Waals surface area contributed by atoms with Crippen LogP contribution in [0.2, 0.25) is 5.02 Å². The maximum atomic E-state index is 14.3. The third-order valence-corrected chi connectivity index (χ3v) is 5.57. The van der Waals surface area contributed by atoms with Crippen LogP contribution in [0.4, 0.5) is 4.39 Å². The molecule has 0 fully saturated rings. The van der Waals surface area contributed by atoms with E-state index in [0.29, 0.717) is 22.0 Å². The average Bonchev–Trinajstić information content (AvgIpc) is 2.72. The predicted molar refractivity (Wildman–Crippen MR) is 123 cm³/mol. The van der Waals surface area contributed by atoms with Crippen molar-refractivity contribution in [1.82, 2.24) is 4.98 Å². The highest BCUT2D eigenvalue weighted by Gasteiger charge is 2.16. The summed E-state index contributed by atoms with van der Waals surface area (Å²) in [7, 11) is 1.56. The quantitative estimate of drug-likeness (QED) is 0.375. The number of rotatable bonds is 9. The number of pyridine rings is 1. The van der Waals surface area contributed by atoms with Gasteiger partial charge in [-0.05, 0) is 35.4 Å². The molecule has 0 saturated carbocycles. The molecule has 0 unspecified atom stereocenters. The summed E-state index contributed by atoms with van der Waals surface area (Å²) < 4.78 is 19.4. The van der Waals surface area contributed by atoms with Crippen LogP contribution in [0.3, 0.4) is 0 Å². The molecule has 9 heteroatoms. The number of aromatic nitrogens is 1. The number of halogens is 2. The molecule has 0 aliphatic carbocycles. The van der Waals surface area contributed by atoms with Gasteiger partial charge in [-0.3, -0.25) is 9.78 Å². The second kappa shape index (κ2) is 10.9. The molecule has 0 spiro atoms. The third kappa shape index (κ3) is 6.05. The van der Waals surface area contributed by atoms with E-state index >= 15 is 0 Å². The van der Waals surface area contributed by atoms with Crippen molar-refractivity contribution in [3.63, 3.8) is 0 Å². The van der Waals surface area contributed by atoms with Gasteiger partial charge in [0.1, 0.15) is 5.82 Å². The van der Waals surface area contributed by atoms with Crippen LogP contribution in [0.25, 0.3) is 28.1 Å². The molecule has 2 atom stereocenters. The van der Waals surface area contributed by atoms with E-state index in [4.69, 9.17) is 20.9 Å². The Hall–Kier alpha value is -2.49. The van der Waals surface area contributed by atoms with Crippen molar-refractivity contribution in [3.8, 4) is 11.1 Å². The predicted octanol–water partition coefficient (Wildman–Crippen LogP) is 4.95. The Labute approximate surface area is 193 Å². The van der Waals surface area contributed by atoms with Crippen LogP contribution in [0.1, 0.15) is 18.4 Å². The maximum absolute atomic E-state index is 14.3. The van der Waals surface area contributed by atoms with Crippen LogP contribution in [0, 0.1) is 5.82 Å². The van der Waals surface area contributed by atoms with Crippen LogP contribution in [0.5, 0.6) is 0 Å². The van der Waals surface area contributed by atoms with Crippen LogP contribution >= 0.6 is 23.6 Å². The zero-order valence-corrected chi connectivity index (χ0v) is 18.6. The molecular weight excluding hydrogens is 457 g/mol. The molecular formula is C23H21ClFNO5S. The highest BCUT2D eigenvalue weighted by atomic mass is 35.5. The lowest BCUT2D eigenvalue weighted by Gasteiger charge is -2.14. The summed E-state index contributed by atoms with van der Waals surface area (Å²) in [5.74, 6) is -1.73. The average molecular weight is 478 g/mol. The van der Waals surface area contributed by atoms with Gasteiger partial charge in [0.25, 0.3) is 0 Å². The lowest BCUT2D eigenvalue weighted by Crippen LogP contribution is -2.19. The number of aliphatic hydroxyl groups excluding tert-OH is 2. The van der Waals surface area contributed by atoms with E-state index in [1.54, 1.807) is 19.4 Å². The van der Waals surface area contributed by atoms with Gasteiger partial charge in [-0.25, -0.2) is 4.39 Å². The van der Waals surface area contributed by atoms with Gasteiger partial charge in [0.2, 0.25) is 0 Å². The van der Waals surface area contributed by atoms with Gasteiger partial charge in [0.05, 0.1) is 36.3 Å². The van der Waals surface area contributed by atoms with Crippen molar-refractivity contribution in [2.75, 3.05) is 7.11 Å². The summed E-state index contributed by atoms with van der Waals surface area (Å²) >= 11 is 7.12. The Morgan fingerprint density at radius 3 is 2.81 bits per heavy atom. The largest absolute Gasteiger partial charge is 0.481 e. The molecule has 1 aromatic heterocycles. The molecule has 32 heavy (non-hydrogen) atoms. The Morgan fingerprint density at radius 1 is 1.31 bits per heavy atom. The van der Waals surface area contributed by atoms with E-state index in [1.807, 2.05) is 24.3 Å². The molecule has 3 N–H and O–H groups in total. The fraction of sp³-hybridized carbons (Fsp3) is 0.217. The zero-order valence-electron chi connectivity index (χ0n) is 17.0. The minimum Gasteiger partial charge on any atom is -0.481 e. The minimum atomic E-state index is -1.18. The fourth-order valence-corrected chi connectivity index (χ4v) is 3.97. The van der Waals surface area contributed by atoms with Gasteiger partial charge in [-0.1, -0.05) is 35.9 Å². The molecule has 1 heterocycles. The Bertz CT molecular complexity index is 1160. The molecule has 0 bridgehead atoms. The number of hydrogen-bond acceptors (Lipinski definition) is 6. The van der Waals surface area contributed by atoms with Crippen LogP contribution in [-0.4, -0.2) is 45.6 Å². The second-order valence-electron chi connectivity index (χ2n) is 7.06. The topological polar surface area (TPSA) is 99.9 Å². The van der Waals surface area contributed by atoms with E-state index in [1.165, 1.54) is 30.3 Å². The second-order valence-corrected chi connectivity index (χ2v) is 8.44. The van der Waals surface area contributed by atoms with Crippen LogP contribution in [-0.2, 0) is 8.98 Å². The molecule has 168 valence electrons. The Balaban J connectivity index is 2.06. The van der Waals surface area contributed by atoms with Crippen molar-refractivity contribution >= 4 is 46.6 Å². The number of carboxylic acids is 1. The highest BCUT2D eigenvalue weighted by molar-refractivity contribution is 7.94. The van der Waals surface area contributed by atoms with Crippen molar-refractivity contribution in [1.29, 1.82) is 0 Å². The first-order valence-electron chi connectivity index (χ1n) is 9.63. The normalized spacial score (nSPS) is 13.5. The van der Waals surface area contributed by atoms with Gasteiger partial charge < -0.3 is 19.5 Å². The van der Waals surface area contributed by atoms with Crippen LogP contribution in [0.15, 0.2) is 53.6 Å². The Morgan fingerprint density at radius 2 is 2.09 bits per heavy atom. The van der Waals surface area contributed by atoms with E-state index in [9.17, 15) is 19.4 Å². The molecule has 6 nitrogen and oxygen atoms in total. The smallest absolute Gasteiger partial charge is 0.305 e. The number of hydrogen-bond donors (Lipinski definition) is 3. The minimum absolute atomic E-state index is 0.0363. The lowest BCUT2D eigenvalue weighted by atomic mass is 9.95. The summed E-state index contributed by atoms with van der Waals surface area (Å²) in [5, 5.41) is 29.2. The van der Waals surface area contributed by atoms with Gasteiger partial charge in [-0.2, -0.15) is 0 Å². The molecule has 3 aromatic rings. The number of nitrogens with zero attached hydrogens (tertiary/aromatic N) is 1. The summed E-state index contributed by atoms with van der Waals surface area (Å²) in [6.45, 7) is 0. The van der Waals surface area contributed by atoms with E-state index in [0.717, 1.165) is 10.5 Å². The van der Waals surface area contributed by atoms with Crippen molar-refractivity contribution < 1.29 is 28.7 Å². The summed E-state index contributed by atoms with van der Waals surface area (Å²) in [5.41, 5.74) is 2.57. The zero-order chi connectivity index (χ0) is 23.3. The number of benzene rings is 2. The van der Waals surface area contributed by atoms with E-state index in [-0.39, 0.29) is 11.4 Å². The van der Waals surface area contributed by atoms with Crippen LogP contribution < -0.4 is 0 Å². The first-order chi connectivity index (χ1) is 15.3. The molecule has 0 aliphatic heterocycles. The highest BCUT2D eigenvalue weighted by Crippen LogP contribution is 2.36. The van der Waals surface area contributed by atoms with Crippen molar-refractivity contribution in [2.45, 2.75) is 29.9 Å². The SMILES string of the molecule is COSc1cccc(-c2c(C=C[C@@H](O)C[C@@H](O)CC(=O)O)cnc3cc(Cl)c(F)cc23)c1. The monoisotopic (exact) mass is 477 g/mol. The van der Waals surface area contributed by atoms with Gasteiger partial charge in [-0.15, -0.1) is 0 Å². The Kier molecular flexibility index (Phi) is 8.22. The first kappa shape index (κ1) is 24.2. The van der Waals surface area contributed by atoms with Crippen molar-refractivity contribution in [2.24, 2.45) is 0 Å².